The lowest BCUT2D eigenvalue weighted by atomic mass is 10.3. The Kier molecular flexibility index (Phi) is 10.4. The van der Waals surface area contributed by atoms with Gasteiger partial charge in [-0.15, -0.1) is 0 Å². The molecule has 0 saturated heterocycles. The summed E-state index contributed by atoms with van der Waals surface area (Å²) < 4.78 is 0. The van der Waals surface area contributed by atoms with Crippen LogP contribution in [0, 0.1) is 0 Å². The van der Waals surface area contributed by atoms with Crippen LogP contribution in [0.25, 0.3) is 0 Å². The molecule has 0 rings (SSSR count). The van der Waals surface area contributed by atoms with Gasteiger partial charge >= 0.3 is 0 Å². The Bertz CT molecular complexity index is 143. The molecule has 1 nitrogen and oxygen atoms in total. The zero-order chi connectivity index (χ0) is 9.28. The van der Waals surface area contributed by atoms with Gasteiger partial charge in [-0.25, -0.2) is 0 Å². The van der Waals surface area contributed by atoms with Gasteiger partial charge in [0.05, 0.1) is 0 Å². The van der Waals surface area contributed by atoms with Gasteiger partial charge in [-0.3, -0.25) is 0 Å². The van der Waals surface area contributed by atoms with E-state index in [-0.39, 0.29) is 0 Å². The van der Waals surface area contributed by atoms with E-state index in [1.807, 2.05) is 40.0 Å². The van der Waals surface area contributed by atoms with E-state index in [2.05, 4.69) is 18.5 Å². The Morgan fingerprint density at radius 2 is 1.64 bits per heavy atom. The SMILES string of the molecule is C=C(C)/C=C\C(=C)NC.CC. The van der Waals surface area contributed by atoms with Crippen LogP contribution in [-0.2, 0) is 0 Å². The number of rotatable bonds is 3. The van der Waals surface area contributed by atoms with Crippen molar-refractivity contribution in [2.75, 3.05) is 7.05 Å². The molecule has 0 unspecified atom stereocenters. The van der Waals surface area contributed by atoms with Gasteiger partial charge in [0, 0.05) is 12.7 Å². The Hall–Kier alpha value is -0.980. The highest BCUT2D eigenvalue weighted by molar-refractivity contribution is 5.21. The highest BCUT2D eigenvalue weighted by Gasteiger charge is 1.77. The molecule has 0 aromatic rings. The van der Waals surface area contributed by atoms with Gasteiger partial charge in [-0.05, 0) is 13.0 Å². The lowest BCUT2D eigenvalue weighted by Gasteiger charge is -1.94. The number of hydrogen-bond acceptors (Lipinski definition) is 1. The summed E-state index contributed by atoms with van der Waals surface area (Å²) in [4.78, 5) is 0. The summed E-state index contributed by atoms with van der Waals surface area (Å²) in [6, 6.07) is 0. The average molecular weight is 153 g/mol. The van der Waals surface area contributed by atoms with Crippen LogP contribution in [0.15, 0.2) is 36.6 Å². The van der Waals surface area contributed by atoms with Crippen LogP contribution in [0.1, 0.15) is 20.8 Å². The van der Waals surface area contributed by atoms with E-state index in [1.54, 1.807) is 0 Å². The summed E-state index contributed by atoms with van der Waals surface area (Å²) in [6.45, 7) is 13.4. The second kappa shape index (κ2) is 9.02. The summed E-state index contributed by atoms with van der Waals surface area (Å²) in [5.41, 5.74) is 1.93. The molecule has 0 aliphatic carbocycles. The highest BCUT2D eigenvalue weighted by Crippen LogP contribution is 1.92. The van der Waals surface area contributed by atoms with Gasteiger partial charge in [-0.1, -0.05) is 38.7 Å². The fraction of sp³-hybridized carbons (Fsp3) is 0.400. The molecule has 0 radical (unpaired) electrons. The van der Waals surface area contributed by atoms with E-state index < -0.39 is 0 Å². The van der Waals surface area contributed by atoms with Crippen LogP contribution in [-0.4, -0.2) is 7.05 Å². The zero-order valence-corrected chi connectivity index (χ0v) is 8.07. The maximum Gasteiger partial charge on any atom is 0.0264 e. The zero-order valence-electron chi connectivity index (χ0n) is 8.07. The van der Waals surface area contributed by atoms with E-state index in [1.165, 1.54) is 0 Å². The van der Waals surface area contributed by atoms with Crippen LogP contribution in [0.5, 0.6) is 0 Å². The van der Waals surface area contributed by atoms with Gasteiger partial charge < -0.3 is 5.32 Å². The van der Waals surface area contributed by atoms with E-state index in [4.69, 9.17) is 0 Å². The largest absolute Gasteiger partial charge is 0.389 e. The molecule has 0 spiro atoms. The molecular weight excluding hydrogens is 134 g/mol. The van der Waals surface area contributed by atoms with Gasteiger partial charge in [-0.2, -0.15) is 0 Å². The van der Waals surface area contributed by atoms with Crippen molar-refractivity contribution in [1.82, 2.24) is 5.32 Å². The predicted molar refractivity (Wildman–Crippen MR) is 53.5 cm³/mol. The second-order valence-electron chi connectivity index (χ2n) is 1.95. The number of allylic oxidation sites excluding steroid dienone is 3. The van der Waals surface area contributed by atoms with Crippen LogP contribution in [0.4, 0.5) is 0 Å². The van der Waals surface area contributed by atoms with Crippen LogP contribution in [0.2, 0.25) is 0 Å². The molecule has 1 N–H and O–H groups in total. The maximum absolute atomic E-state index is 3.71. The van der Waals surface area contributed by atoms with Gasteiger partial charge in [0.1, 0.15) is 0 Å². The van der Waals surface area contributed by atoms with Crippen molar-refractivity contribution in [3.8, 4) is 0 Å². The summed E-state index contributed by atoms with van der Waals surface area (Å²) in [6.07, 6.45) is 3.81. The summed E-state index contributed by atoms with van der Waals surface area (Å²) in [5, 5.41) is 2.90. The molecule has 1 heteroatoms. The molecule has 0 aliphatic heterocycles. The fourth-order valence-corrected chi connectivity index (χ4v) is 0.326. The molecular formula is C10H19N. The molecule has 0 bridgehead atoms. The summed E-state index contributed by atoms with van der Waals surface area (Å²) in [5.74, 6) is 0. The van der Waals surface area contributed by atoms with Crippen molar-refractivity contribution in [2.24, 2.45) is 0 Å². The minimum atomic E-state index is 0.901. The summed E-state index contributed by atoms with van der Waals surface area (Å²) >= 11 is 0. The maximum atomic E-state index is 3.71. The lowest BCUT2D eigenvalue weighted by molar-refractivity contribution is 1.04. The number of nitrogens with one attached hydrogen (secondary N) is 1. The third kappa shape index (κ3) is 12.3. The van der Waals surface area contributed by atoms with Crippen molar-refractivity contribution in [3.05, 3.63) is 36.6 Å². The van der Waals surface area contributed by atoms with Crippen LogP contribution < -0.4 is 5.32 Å². The smallest absolute Gasteiger partial charge is 0.0264 e. The van der Waals surface area contributed by atoms with E-state index in [0.29, 0.717) is 0 Å². The van der Waals surface area contributed by atoms with Crippen LogP contribution in [0.3, 0.4) is 0 Å². The molecule has 0 heterocycles. The number of hydrogen-bond donors (Lipinski definition) is 1. The molecule has 0 saturated carbocycles. The number of likely N-dealkylation sites (N-methyl/N-ethyl adjacent to an activating group) is 1. The Morgan fingerprint density at radius 1 is 1.18 bits per heavy atom. The first-order valence-corrected chi connectivity index (χ1v) is 3.87. The van der Waals surface area contributed by atoms with Gasteiger partial charge in [0.15, 0.2) is 0 Å². The van der Waals surface area contributed by atoms with Crippen molar-refractivity contribution < 1.29 is 0 Å². The van der Waals surface area contributed by atoms with Gasteiger partial charge in [0.25, 0.3) is 0 Å². The van der Waals surface area contributed by atoms with Gasteiger partial charge in [0.2, 0.25) is 0 Å². The topological polar surface area (TPSA) is 12.0 Å². The first kappa shape index (κ1) is 12.7. The first-order chi connectivity index (χ1) is 5.16. The van der Waals surface area contributed by atoms with E-state index >= 15 is 0 Å². The first-order valence-electron chi connectivity index (χ1n) is 3.87. The minimum Gasteiger partial charge on any atom is -0.389 e. The average Bonchev–Trinajstić information content (AvgIpc) is 2.04. The predicted octanol–water partition coefficient (Wildman–Crippen LogP) is 2.88. The standard InChI is InChI=1S/C8H13N.C2H6/c1-7(2)5-6-8(3)9-4;1-2/h5-6,9H,1,3H2,2,4H3;1-2H3/b6-5-;. The third-order valence-electron chi connectivity index (χ3n) is 0.890. The monoisotopic (exact) mass is 153 g/mol. The highest BCUT2D eigenvalue weighted by atomic mass is 14.8. The molecule has 0 aromatic heterocycles. The second-order valence-corrected chi connectivity index (χ2v) is 1.95. The molecule has 0 atom stereocenters. The van der Waals surface area contributed by atoms with Crippen molar-refractivity contribution in [3.63, 3.8) is 0 Å². The van der Waals surface area contributed by atoms with Crippen LogP contribution >= 0.6 is 0 Å². The lowest BCUT2D eigenvalue weighted by Crippen LogP contribution is -2.00. The molecule has 11 heavy (non-hydrogen) atoms. The Morgan fingerprint density at radius 3 is 1.91 bits per heavy atom. The quantitative estimate of drug-likeness (QED) is 0.615. The van der Waals surface area contributed by atoms with Crippen molar-refractivity contribution >= 4 is 0 Å². The molecule has 0 aliphatic rings. The molecule has 0 aromatic carbocycles. The normalized spacial score (nSPS) is 8.36. The van der Waals surface area contributed by atoms with E-state index in [0.717, 1.165) is 11.3 Å². The molecule has 0 fully saturated rings. The third-order valence-corrected chi connectivity index (χ3v) is 0.890. The van der Waals surface area contributed by atoms with E-state index in [9.17, 15) is 0 Å². The molecule has 0 amide bonds. The summed E-state index contributed by atoms with van der Waals surface area (Å²) in [7, 11) is 1.84. The Labute approximate surface area is 70.5 Å². The fourth-order valence-electron chi connectivity index (χ4n) is 0.326. The van der Waals surface area contributed by atoms with Crippen molar-refractivity contribution in [2.45, 2.75) is 20.8 Å². The van der Waals surface area contributed by atoms with Crippen molar-refractivity contribution in [1.29, 1.82) is 0 Å². The minimum absolute atomic E-state index is 0.901. The Balaban J connectivity index is 0. The molecule has 64 valence electrons.